The second-order valence-corrected chi connectivity index (χ2v) is 4.38. The predicted molar refractivity (Wildman–Crippen MR) is 82.4 cm³/mol. The third-order valence-electron chi connectivity index (χ3n) is 3.06. The number of anilines is 1. The second kappa shape index (κ2) is 6.73. The Kier molecular flexibility index (Phi) is 4.72. The van der Waals surface area contributed by atoms with Gasteiger partial charge in [0.25, 0.3) is 0 Å². The molecule has 19 heavy (non-hydrogen) atoms. The van der Waals surface area contributed by atoms with E-state index in [-0.39, 0.29) is 0 Å². The summed E-state index contributed by atoms with van der Waals surface area (Å²) in [6.45, 7) is 1.04. The number of hydrogen-bond acceptors (Lipinski definition) is 3. The standard InChI is InChI=1S/C15H20N4/c1-16-8-4-10-19-15(17-2)13-7-6-12-5-3-9-18-14(12)11-13/h4,6-8,10-11,16,18H,3,5,9H2,1-2H3/b8-4+,17-15-,19-10-. The molecule has 0 saturated carbocycles. The lowest BCUT2D eigenvalue weighted by Gasteiger charge is -2.18. The zero-order valence-corrected chi connectivity index (χ0v) is 11.5. The van der Waals surface area contributed by atoms with E-state index >= 15 is 0 Å². The van der Waals surface area contributed by atoms with Crippen LogP contribution in [0.2, 0.25) is 0 Å². The highest BCUT2D eigenvalue weighted by Gasteiger charge is 2.10. The summed E-state index contributed by atoms with van der Waals surface area (Å²) in [4.78, 5) is 8.61. The maximum absolute atomic E-state index is 4.37. The molecule has 1 aliphatic rings. The summed E-state index contributed by atoms with van der Waals surface area (Å²) in [5.74, 6) is 0.746. The minimum atomic E-state index is 0.746. The number of hydrogen-bond donors (Lipinski definition) is 2. The van der Waals surface area contributed by atoms with E-state index in [0.29, 0.717) is 0 Å². The van der Waals surface area contributed by atoms with Gasteiger partial charge in [0.05, 0.1) is 0 Å². The number of fused-ring (bicyclic) bond motifs is 1. The molecule has 0 spiro atoms. The van der Waals surface area contributed by atoms with Gasteiger partial charge < -0.3 is 10.6 Å². The van der Waals surface area contributed by atoms with Crippen molar-refractivity contribution in [2.75, 3.05) is 26.0 Å². The van der Waals surface area contributed by atoms with Crippen LogP contribution in [0.15, 0.2) is 40.5 Å². The van der Waals surface area contributed by atoms with Gasteiger partial charge in [0.15, 0.2) is 5.84 Å². The molecule has 0 saturated heterocycles. The van der Waals surface area contributed by atoms with Crippen molar-refractivity contribution in [3.63, 3.8) is 0 Å². The number of rotatable bonds is 3. The van der Waals surface area contributed by atoms with Crippen LogP contribution in [0.4, 0.5) is 5.69 Å². The van der Waals surface area contributed by atoms with Crippen LogP contribution in [0, 0.1) is 0 Å². The van der Waals surface area contributed by atoms with Crippen LogP contribution in [0.3, 0.4) is 0 Å². The lowest BCUT2D eigenvalue weighted by Crippen LogP contribution is -2.12. The highest BCUT2D eigenvalue weighted by atomic mass is 14.9. The summed E-state index contributed by atoms with van der Waals surface area (Å²) in [5.41, 5.74) is 3.64. The summed E-state index contributed by atoms with van der Waals surface area (Å²) in [5, 5.41) is 6.35. The van der Waals surface area contributed by atoms with Gasteiger partial charge in [0.2, 0.25) is 0 Å². The van der Waals surface area contributed by atoms with Crippen LogP contribution >= 0.6 is 0 Å². The number of nitrogens with zero attached hydrogens (tertiary/aromatic N) is 2. The molecule has 0 aromatic heterocycles. The molecule has 0 amide bonds. The SMILES string of the molecule is C\N=C(/N=C\C=C\NC)c1ccc2c(c1)NCCC2. The predicted octanol–water partition coefficient (Wildman–Crippen LogP) is 2.22. The number of aliphatic imine (C=N–C) groups is 2. The first-order valence-corrected chi connectivity index (χ1v) is 6.55. The summed E-state index contributed by atoms with van der Waals surface area (Å²) in [6.07, 6.45) is 7.77. The van der Waals surface area contributed by atoms with Crippen molar-refractivity contribution in [2.45, 2.75) is 12.8 Å². The normalized spacial score (nSPS) is 15.6. The number of nitrogens with one attached hydrogen (secondary N) is 2. The molecule has 0 atom stereocenters. The van der Waals surface area contributed by atoms with Crippen LogP contribution in [-0.2, 0) is 6.42 Å². The van der Waals surface area contributed by atoms with Crippen molar-refractivity contribution >= 4 is 17.7 Å². The van der Waals surface area contributed by atoms with E-state index in [0.717, 1.165) is 24.4 Å². The van der Waals surface area contributed by atoms with Crippen molar-refractivity contribution in [2.24, 2.45) is 9.98 Å². The molecular weight excluding hydrogens is 236 g/mol. The molecular formula is C15H20N4. The minimum absolute atomic E-state index is 0.746. The number of allylic oxidation sites excluding steroid dienone is 1. The molecule has 2 N–H and O–H groups in total. The number of benzene rings is 1. The van der Waals surface area contributed by atoms with Crippen LogP contribution < -0.4 is 10.6 Å². The Morgan fingerprint density at radius 3 is 3.11 bits per heavy atom. The molecule has 4 nitrogen and oxygen atoms in total. The largest absolute Gasteiger partial charge is 0.394 e. The lowest BCUT2D eigenvalue weighted by molar-refractivity contribution is 0.830. The van der Waals surface area contributed by atoms with E-state index in [1.54, 1.807) is 13.3 Å². The first-order chi connectivity index (χ1) is 9.35. The van der Waals surface area contributed by atoms with Crippen molar-refractivity contribution < 1.29 is 0 Å². The van der Waals surface area contributed by atoms with Gasteiger partial charge >= 0.3 is 0 Å². The topological polar surface area (TPSA) is 48.8 Å². The Labute approximate surface area is 114 Å². The van der Waals surface area contributed by atoms with Gasteiger partial charge in [-0.05, 0) is 36.7 Å². The summed E-state index contributed by atoms with van der Waals surface area (Å²) >= 11 is 0. The third kappa shape index (κ3) is 3.44. The Morgan fingerprint density at radius 1 is 1.42 bits per heavy atom. The first kappa shape index (κ1) is 13.3. The average Bonchev–Trinajstić information content (AvgIpc) is 2.47. The van der Waals surface area contributed by atoms with Crippen LogP contribution in [0.5, 0.6) is 0 Å². The molecule has 0 radical (unpaired) electrons. The molecule has 0 aliphatic carbocycles. The van der Waals surface area contributed by atoms with E-state index < -0.39 is 0 Å². The van der Waals surface area contributed by atoms with E-state index in [9.17, 15) is 0 Å². The maximum Gasteiger partial charge on any atom is 0.154 e. The summed E-state index contributed by atoms with van der Waals surface area (Å²) in [6, 6.07) is 6.39. The van der Waals surface area contributed by atoms with Gasteiger partial charge in [-0.2, -0.15) is 0 Å². The average molecular weight is 256 g/mol. The number of amidine groups is 1. The van der Waals surface area contributed by atoms with Gasteiger partial charge in [-0.25, -0.2) is 4.99 Å². The Balaban J connectivity index is 2.19. The molecule has 1 aromatic rings. The second-order valence-electron chi connectivity index (χ2n) is 4.38. The van der Waals surface area contributed by atoms with Gasteiger partial charge in [0, 0.05) is 38.1 Å². The minimum Gasteiger partial charge on any atom is -0.394 e. The van der Waals surface area contributed by atoms with Crippen molar-refractivity contribution in [3.8, 4) is 0 Å². The quantitative estimate of drug-likeness (QED) is 0.643. The van der Waals surface area contributed by atoms with Gasteiger partial charge in [0.1, 0.15) is 0 Å². The Morgan fingerprint density at radius 2 is 2.32 bits per heavy atom. The Hall–Kier alpha value is -2.10. The van der Waals surface area contributed by atoms with Crippen molar-refractivity contribution in [1.29, 1.82) is 0 Å². The molecule has 100 valence electrons. The van der Waals surface area contributed by atoms with Gasteiger partial charge in [-0.1, -0.05) is 12.1 Å². The van der Waals surface area contributed by atoms with E-state index in [1.165, 1.54) is 17.7 Å². The van der Waals surface area contributed by atoms with E-state index in [1.807, 2.05) is 19.3 Å². The third-order valence-corrected chi connectivity index (χ3v) is 3.06. The zero-order chi connectivity index (χ0) is 13.5. The Bertz CT molecular complexity index is 515. The molecule has 0 bridgehead atoms. The molecule has 2 rings (SSSR count). The zero-order valence-electron chi connectivity index (χ0n) is 11.5. The van der Waals surface area contributed by atoms with Crippen LogP contribution in [0.25, 0.3) is 0 Å². The fourth-order valence-electron chi connectivity index (χ4n) is 2.11. The monoisotopic (exact) mass is 256 g/mol. The molecule has 4 heteroatoms. The number of aryl methyl sites for hydroxylation is 1. The maximum atomic E-state index is 4.37. The lowest BCUT2D eigenvalue weighted by atomic mass is 10.0. The van der Waals surface area contributed by atoms with Gasteiger partial charge in [-0.3, -0.25) is 4.99 Å². The fourth-order valence-corrected chi connectivity index (χ4v) is 2.11. The van der Waals surface area contributed by atoms with Crippen molar-refractivity contribution in [3.05, 3.63) is 41.6 Å². The molecule has 0 fully saturated rings. The molecule has 1 aromatic carbocycles. The molecule has 0 unspecified atom stereocenters. The molecule has 1 aliphatic heterocycles. The summed E-state index contributed by atoms with van der Waals surface area (Å²) in [7, 11) is 3.62. The van der Waals surface area contributed by atoms with Crippen LogP contribution in [0.1, 0.15) is 17.5 Å². The fraction of sp³-hybridized carbons (Fsp3) is 0.333. The van der Waals surface area contributed by atoms with Gasteiger partial charge in [-0.15, -0.1) is 0 Å². The van der Waals surface area contributed by atoms with E-state index in [4.69, 9.17) is 0 Å². The smallest absolute Gasteiger partial charge is 0.154 e. The summed E-state index contributed by atoms with van der Waals surface area (Å²) < 4.78 is 0. The highest BCUT2D eigenvalue weighted by Crippen LogP contribution is 2.23. The van der Waals surface area contributed by atoms with Crippen molar-refractivity contribution in [1.82, 2.24) is 5.32 Å². The van der Waals surface area contributed by atoms with Crippen LogP contribution in [-0.4, -0.2) is 32.7 Å². The highest BCUT2D eigenvalue weighted by molar-refractivity contribution is 6.04. The molecule has 1 heterocycles. The first-order valence-electron chi connectivity index (χ1n) is 6.55. The van der Waals surface area contributed by atoms with E-state index in [2.05, 4.69) is 38.8 Å².